The molecule has 1 N–H and O–H groups in total. The Labute approximate surface area is 144 Å². The Balaban J connectivity index is 1.55. The highest BCUT2D eigenvalue weighted by molar-refractivity contribution is 5.91. The van der Waals surface area contributed by atoms with Crippen LogP contribution in [-0.2, 0) is 11.3 Å². The lowest BCUT2D eigenvalue weighted by molar-refractivity contribution is -0.116. The van der Waals surface area contributed by atoms with E-state index in [1.54, 1.807) is 25.4 Å². The molecular weight excluding hydrogens is 320 g/mol. The first-order valence-corrected chi connectivity index (χ1v) is 7.84. The second-order valence-electron chi connectivity index (χ2n) is 5.42. The fourth-order valence-corrected chi connectivity index (χ4v) is 2.44. The van der Waals surface area contributed by atoms with Gasteiger partial charge in [0.15, 0.2) is 5.58 Å². The number of nitrogens with one attached hydrogen (secondary N) is 1. The first kappa shape index (κ1) is 16.6. The maximum absolute atomic E-state index is 12.2. The van der Waals surface area contributed by atoms with E-state index >= 15 is 0 Å². The van der Waals surface area contributed by atoms with E-state index in [-0.39, 0.29) is 11.5 Å². The molecule has 0 radical (unpaired) electrons. The lowest BCUT2D eigenvalue weighted by atomic mass is 10.2. The third-order valence-electron chi connectivity index (χ3n) is 3.76. The van der Waals surface area contributed by atoms with Gasteiger partial charge in [0.1, 0.15) is 5.75 Å². The van der Waals surface area contributed by atoms with Crippen molar-refractivity contribution in [3.63, 3.8) is 0 Å². The fraction of sp³-hybridized carbons (Fsp3) is 0.158. The van der Waals surface area contributed by atoms with Crippen LogP contribution in [0.25, 0.3) is 17.0 Å². The Hall–Kier alpha value is -3.28. The van der Waals surface area contributed by atoms with E-state index in [1.807, 2.05) is 30.3 Å². The first-order valence-electron chi connectivity index (χ1n) is 7.84. The monoisotopic (exact) mass is 338 g/mol. The molecule has 0 bridgehead atoms. The predicted octanol–water partition coefficient (Wildman–Crippen LogP) is 2.43. The van der Waals surface area contributed by atoms with E-state index in [9.17, 15) is 9.59 Å². The number of carbonyl (C=O) groups is 1. The van der Waals surface area contributed by atoms with Crippen molar-refractivity contribution in [3.05, 3.63) is 70.9 Å². The smallest absolute Gasteiger partial charge is 0.294 e. The summed E-state index contributed by atoms with van der Waals surface area (Å²) in [5.74, 6) is 0.505. The van der Waals surface area contributed by atoms with E-state index in [0.29, 0.717) is 18.7 Å². The van der Waals surface area contributed by atoms with E-state index in [0.717, 1.165) is 16.7 Å². The zero-order valence-corrected chi connectivity index (χ0v) is 13.8. The summed E-state index contributed by atoms with van der Waals surface area (Å²) >= 11 is 0. The number of rotatable bonds is 6. The first-order chi connectivity index (χ1) is 12.2. The van der Waals surface area contributed by atoms with Crippen LogP contribution in [0.15, 0.2) is 64.1 Å². The molecule has 0 spiro atoms. The fourth-order valence-electron chi connectivity index (χ4n) is 2.44. The zero-order chi connectivity index (χ0) is 17.6. The third-order valence-corrected chi connectivity index (χ3v) is 3.76. The number of benzene rings is 1. The number of ether oxygens (including phenoxy) is 1. The van der Waals surface area contributed by atoms with Crippen LogP contribution in [0.1, 0.15) is 5.56 Å². The molecule has 0 aliphatic carbocycles. The molecule has 0 fully saturated rings. The summed E-state index contributed by atoms with van der Waals surface area (Å²) in [5.41, 5.74) is 0.990. The minimum Gasteiger partial charge on any atom is -0.497 e. The maximum atomic E-state index is 12.2. The number of amides is 1. The van der Waals surface area contributed by atoms with E-state index < -0.39 is 0 Å². The summed E-state index contributed by atoms with van der Waals surface area (Å²) in [7, 11) is 1.59. The predicted molar refractivity (Wildman–Crippen MR) is 95.5 cm³/mol. The minimum absolute atomic E-state index is 0.205. The topological polar surface area (TPSA) is 73.5 Å². The average molecular weight is 338 g/mol. The molecule has 6 nitrogen and oxygen atoms in total. The van der Waals surface area contributed by atoms with Crippen LogP contribution in [0.2, 0.25) is 0 Å². The van der Waals surface area contributed by atoms with Gasteiger partial charge < -0.3 is 19.0 Å². The highest BCUT2D eigenvalue weighted by atomic mass is 16.5. The van der Waals surface area contributed by atoms with Crippen molar-refractivity contribution < 1.29 is 13.9 Å². The van der Waals surface area contributed by atoms with Gasteiger partial charge in [0.2, 0.25) is 5.91 Å². The maximum Gasteiger partial charge on any atom is 0.294 e. The van der Waals surface area contributed by atoms with Gasteiger partial charge in [-0.3, -0.25) is 9.59 Å². The molecule has 2 aromatic heterocycles. The van der Waals surface area contributed by atoms with Gasteiger partial charge in [-0.05, 0) is 35.9 Å². The molecule has 0 saturated carbocycles. The number of hydrogen-bond donors (Lipinski definition) is 1. The Kier molecular flexibility index (Phi) is 4.99. The molecule has 128 valence electrons. The number of fused-ring (bicyclic) bond motifs is 1. The van der Waals surface area contributed by atoms with Gasteiger partial charge in [0, 0.05) is 30.7 Å². The van der Waals surface area contributed by atoms with E-state index in [4.69, 9.17) is 9.15 Å². The summed E-state index contributed by atoms with van der Waals surface area (Å²) in [6, 6.07) is 11.0. The van der Waals surface area contributed by atoms with Crippen LogP contribution in [-0.4, -0.2) is 24.1 Å². The lowest BCUT2D eigenvalue weighted by Gasteiger charge is -2.06. The quantitative estimate of drug-likeness (QED) is 0.701. The number of aromatic nitrogens is 1. The summed E-state index contributed by atoms with van der Waals surface area (Å²) in [6.07, 6.45) is 6.34. The minimum atomic E-state index is -0.227. The van der Waals surface area contributed by atoms with Crippen LogP contribution in [0.3, 0.4) is 0 Å². The number of carbonyl (C=O) groups excluding carboxylic acids is 1. The van der Waals surface area contributed by atoms with Gasteiger partial charge in [0.25, 0.3) is 5.56 Å². The highest BCUT2D eigenvalue weighted by Crippen LogP contribution is 2.13. The summed E-state index contributed by atoms with van der Waals surface area (Å²) in [5, 5.41) is 3.52. The molecule has 3 aromatic rings. The zero-order valence-electron chi connectivity index (χ0n) is 13.8. The molecule has 0 unspecified atom stereocenters. The molecule has 0 atom stereocenters. The average Bonchev–Trinajstić information content (AvgIpc) is 3.12. The second kappa shape index (κ2) is 7.53. The summed E-state index contributed by atoms with van der Waals surface area (Å²) in [4.78, 5) is 24.0. The Morgan fingerprint density at radius 3 is 3.04 bits per heavy atom. The third kappa shape index (κ3) is 3.98. The van der Waals surface area contributed by atoms with Crippen molar-refractivity contribution in [2.75, 3.05) is 13.7 Å². The molecular formula is C19H18N2O4. The van der Waals surface area contributed by atoms with Crippen LogP contribution < -0.4 is 15.6 Å². The number of pyridine rings is 1. The number of hydrogen-bond acceptors (Lipinski definition) is 4. The summed E-state index contributed by atoms with van der Waals surface area (Å²) < 4.78 is 11.8. The molecule has 0 saturated heterocycles. The van der Waals surface area contributed by atoms with Gasteiger partial charge in [-0.25, -0.2) is 0 Å². The Bertz CT molecular complexity index is 969. The second-order valence-corrected chi connectivity index (χ2v) is 5.42. The summed E-state index contributed by atoms with van der Waals surface area (Å²) in [6.45, 7) is 0.710. The SMILES string of the molecule is COc1cccc(/C=C/C(=O)NCCn2ccc3ccoc3c2=O)c1. The van der Waals surface area contributed by atoms with Gasteiger partial charge in [-0.2, -0.15) is 0 Å². The van der Waals surface area contributed by atoms with Crippen molar-refractivity contribution in [1.29, 1.82) is 0 Å². The molecule has 3 rings (SSSR count). The Morgan fingerprint density at radius 2 is 2.20 bits per heavy atom. The standard InChI is InChI=1S/C19H18N2O4/c1-24-16-4-2-3-14(13-16)5-6-17(22)20-9-11-21-10-7-15-8-12-25-18(15)19(21)23/h2-8,10,12-13H,9,11H2,1H3,(H,20,22)/b6-5+. The van der Waals surface area contributed by atoms with Crippen molar-refractivity contribution in [3.8, 4) is 5.75 Å². The number of furan rings is 1. The molecule has 1 aromatic carbocycles. The van der Waals surface area contributed by atoms with Crippen LogP contribution in [0, 0.1) is 0 Å². The van der Waals surface area contributed by atoms with Gasteiger partial charge >= 0.3 is 0 Å². The van der Waals surface area contributed by atoms with Gasteiger partial charge in [-0.15, -0.1) is 0 Å². The normalized spacial score (nSPS) is 11.1. The highest BCUT2D eigenvalue weighted by Gasteiger charge is 2.05. The molecule has 25 heavy (non-hydrogen) atoms. The van der Waals surface area contributed by atoms with Crippen molar-refractivity contribution in [2.45, 2.75) is 6.54 Å². The molecule has 6 heteroatoms. The Morgan fingerprint density at radius 1 is 1.32 bits per heavy atom. The van der Waals surface area contributed by atoms with Gasteiger partial charge in [-0.1, -0.05) is 12.1 Å². The number of nitrogens with zero attached hydrogens (tertiary/aromatic N) is 1. The molecule has 1 amide bonds. The van der Waals surface area contributed by atoms with Crippen molar-refractivity contribution >= 4 is 23.0 Å². The van der Waals surface area contributed by atoms with Gasteiger partial charge in [0.05, 0.1) is 13.4 Å². The van der Waals surface area contributed by atoms with Crippen LogP contribution in [0.5, 0.6) is 5.75 Å². The molecule has 2 heterocycles. The van der Waals surface area contributed by atoms with Crippen molar-refractivity contribution in [2.24, 2.45) is 0 Å². The molecule has 0 aliphatic rings. The number of methoxy groups -OCH3 is 1. The van der Waals surface area contributed by atoms with Crippen LogP contribution >= 0.6 is 0 Å². The lowest BCUT2D eigenvalue weighted by Crippen LogP contribution is -2.29. The van der Waals surface area contributed by atoms with E-state index in [1.165, 1.54) is 16.9 Å². The van der Waals surface area contributed by atoms with Crippen molar-refractivity contribution in [1.82, 2.24) is 9.88 Å². The largest absolute Gasteiger partial charge is 0.497 e. The van der Waals surface area contributed by atoms with E-state index in [2.05, 4.69) is 5.32 Å². The van der Waals surface area contributed by atoms with Crippen LogP contribution in [0.4, 0.5) is 0 Å². The molecule has 0 aliphatic heterocycles.